The Morgan fingerprint density at radius 1 is 1.30 bits per heavy atom. The number of anilines is 1. The van der Waals surface area contributed by atoms with Gasteiger partial charge in [-0.05, 0) is 51.8 Å². The third-order valence-corrected chi connectivity index (χ3v) is 4.28. The molecule has 0 amide bonds. The molecule has 0 atom stereocenters. The SMILES string of the molecule is COc1cc(NCc2cncn2C(C)C)c(Br)cc1Br. The lowest BCUT2D eigenvalue weighted by Gasteiger charge is -2.15. The maximum absolute atomic E-state index is 5.31. The first-order chi connectivity index (χ1) is 9.52. The van der Waals surface area contributed by atoms with Crippen molar-refractivity contribution >= 4 is 37.5 Å². The van der Waals surface area contributed by atoms with Gasteiger partial charge in [-0.15, -0.1) is 0 Å². The Morgan fingerprint density at radius 3 is 2.70 bits per heavy atom. The van der Waals surface area contributed by atoms with Crippen molar-refractivity contribution in [2.75, 3.05) is 12.4 Å². The van der Waals surface area contributed by atoms with Crippen LogP contribution in [-0.4, -0.2) is 16.7 Å². The molecule has 1 aromatic heterocycles. The number of nitrogens with one attached hydrogen (secondary N) is 1. The van der Waals surface area contributed by atoms with E-state index in [9.17, 15) is 0 Å². The lowest BCUT2D eigenvalue weighted by atomic mass is 10.3. The molecule has 0 unspecified atom stereocenters. The first-order valence-electron chi connectivity index (χ1n) is 6.30. The fourth-order valence-electron chi connectivity index (χ4n) is 1.94. The molecule has 6 heteroatoms. The number of imidazole rings is 1. The summed E-state index contributed by atoms with van der Waals surface area (Å²) in [5.74, 6) is 0.799. The van der Waals surface area contributed by atoms with Crippen LogP contribution in [0.15, 0.2) is 33.6 Å². The van der Waals surface area contributed by atoms with Crippen LogP contribution in [0, 0.1) is 0 Å². The van der Waals surface area contributed by atoms with Crippen LogP contribution >= 0.6 is 31.9 Å². The number of hydrogen-bond acceptors (Lipinski definition) is 3. The average molecular weight is 403 g/mol. The van der Waals surface area contributed by atoms with E-state index in [-0.39, 0.29) is 0 Å². The summed E-state index contributed by atoms with van der Waals surface area (Å²) in [6.45, 7) is 5.00. The van der Waals surface area contributed by atoms with Crippen molar-refractivity contribution in [2.45, 2.75) is 26.4 Å². The van der Waals surface area contributed by atoms with Crippen LogP contribution < -0.4 is 10.1 Å². The molecule has 1 aromatic carbocycles. The van der Waals surface area contributed by atoms with E-state index in [0.717, 1.165) is 26.1 Å². The van der Waals surface area contributed by atoms with Gasteiger partial charge >= 0.3 is 0 Å². The molecule has 20 heavy (non-hydrogen) atoms. The number of rotatable bonds is 5. The van der Waals surface area contributed by atoms with Crippen molar-refractivity contribution in [3.8, 4) is 5.75 Å². The van der Waals surface area contributed by atoms with Crippen LogP contribution in [0.3, 0.4) is 0 Å². The number of hydrogen-bond donors (Lipinski definition) is 1. The van der Waals surface area contributed by atoms with Crippen LogP contribution in [0.25, 0.3) is 0 Å². The zero-order valence-corrected chi connectivity index (χ0v) is 14.8. The highest BCUT2D eigenvalue weighted by Gasteiger charge is 2.09. The van der Waals surface area contributed by atoms with E-state index in [4.69, 9.17) is 4.74 Å². The van der Waals surface area contributed by atoms with Crippen molar-refractivity contribution in [3.05, 3.63) is 39.3 Å². The number of halogens is 2. The van der Waals surface area contributed by atoms with E-state index in [1.165, 1.54) is 0 Å². The molecule has 0 saturated heterocycles. The summed E-state index contributed by atoms with van der Waals surface area (Å²) in [6.07, 6.45) is 3.75. The highest BCUT2D eigenvalue weighted by Crippen LogP contribution is 2.34. The molecule has 0 aliphatic carbocycles. The standard InChI is InChI=1S/C14H17Br2N3O/c1-9(2)19-8-17-6-10(19)7-18-13-5-14(20-3)12(16)4-11(13)15/h4-6,8-9,18H,7H2,1-3H3. The molecule has 0 spiro atoms. The molecule has 2 rings (SSSR count). The summed E-state index contributed by atoms with van der Waals surface area (Å²) in [4.78, 5) is 4.20. The van der Waals surface area contributed by atoms with Gasteiger partial charge in [0.2, 0.25) is 0 Å². The molecule has 1 heterocycles. The number of benzene rings is 1. The van der Waals surface area contributed by atoms with Crippen molar-refractivity contribution in [3.63, 3.8) is 0 Å². The first kappa shape index (κ1) is 15.4. The van der Waals surface area contributed by atoms with Gasteiger partial charge in [-0.3, -0.25) is 0 Å². The Hall–Kier alpha value is -1.01. The van der Waals surface area contributed by atoms with Gasteiger partial charge < -0.3 is 14.6 Å². The number of ether oxygens (including phenoxy) is 1. The molecule has 0 radical (unpaired) electrons. The summed E-state index contributed by atoms with van der Waals surface area (Å²) in [7, 11) is 1.66. The highest BCUT2D eigenvalue weighted by atomic mass is 79.9. The lowest BCUT2D eigenvalue weighted by molar-refractivity contribution is 0.412. The van der Waals surface area contributed by atoms with Gasteiger partial charge in [-0.2, -0.15) is 0 Å². The minimum atomic E-state index is 0.400. The van der Waals surface area contributed by atoms with Crippen LogP contribution in [0.4, 0.5) is 5.69 Å². The van der Waals surface area contributed by atoms with Gasteiger partial charge in [-0.25, -0.2) is 4.98 Å². The molecule has 0 aliphatic rings. The van der Waals surface area contributed by atoms with Crippen molar-refractivity contribution in [1.29, 1.82) is 0 Å². The van der Waals surface area contributed by atoms with Gasteiger partial charge in [0.15, 0.2) is 0 Å². The fourth-order valence-corrected chi connectivity index (χ4v) is 3.24. The first-order valence-corrected chi connectivity index (χ1v) is 7.89. The summed E-state index contributed by atoms with van der Waals surface area (Å²) < 4.78 is 9.37. The van der Waals surface area contributed by atoms with Gasteiger partial charge in [0.1, 0.15) is 5.75 Å². The molecule has 108 valence electrons. The second-order valence-electron chi connectivity index (χ2n) is 4.71. The third-order valence-electron chi connectivity index (χ3n) is 3.00. The number of aromatic nitrogens is 2. The fraction of sp³-hybridized carbons (Fsp3) is 0.357. The van der Waals surface area contributed by atoms with Crippen LogP contribution in [0.1, 0.15) is 25.6 Å². The predicted octanol–water partition coefficient (Wildman–Crippen LogP) is 4.61. The summed E-state index contributed by atoms with van der Waals surface area (Å²) in [6, 6.07) is 4.34. The van der Waals surface area contributed by atoms with Crippen LogP contribution in [0.2, 0.25) is 0 Å². The quantitative estimate of drug-likeness (QED) is 0.793. The maximum atomic E-state index is 5.31. The zero-order valence-electron chi connectivity index (χ0n) is 11.7. The normalized spacial score (nSPS) is 10.9. The predicted molar refractivity (Wildman–Crippen MR) is 88.3 cm³/mol. The molecule has 0 fully saturated rings. The largest absolute Gasteiger partial charge is 0.495 e. The minimum Gasteiger partial charge on any atom is -0.495 e. The molecular weight excluding hydrogens is 386 g/mol. The highest BCUT2D eigenvalue weighted by molar-refractivity contribution is 9.11. The second kappa shape index (κ2) is 6.63. The average Bonchev–Trinajstić information content (AvgIpc) is 2.86. The maximum Gasteiger partial charge on any atom is 0.135 e. The number of methoxy groups -OCH3 is 1. The molecule has 1 N–H and O–H groups in total. The topological polar surface area (TPSA) is 39.1 Å². The minimum absolute atomic E-state index is 0.400. The zero-order chi connectivity index (χ0) is 14.7. The Morgan fingerprint density at radius 2 is 2.05 bits per heavy atom. The molecule has 4 nitrogen and oxygen atoms in total. The second-order valence-corrected chi connectivity index (χ2v) is 6.41. The lowest BCUT2D eigenvalue weighted by Crippen LogP contribution is -2.09. The van der Waals surface area contributed by atoms with Crippen LogP contribution in [0.5, 0.6) is 5.75 Å². The smallest absolute Gasteiger partial charge is 0.135 e. The van der Waals surface area contributed by atoms with Gasteiger partial charge in [0, 0.05) is 22.8 Å². The molecule has 0 saturated carbocycles. The van der Waals surface area contributed by atoms with Gasteiger partial charge in [0.05, 0.1) is 35.8 Å². The van der Waals surface area contributed by atoms with Crippen molar-refractivity contribution in [1.82, 2.24) is 9.55 Å². The van der Waals surface area contributed by atoms with E-state index < -0.39 is 0 Å². The Kier molecular flexibility index (Phi) is 5.10. The van der Waals surface area contributed by atoms with E-state index >= 15 is 0 Å². The summed E-state index contributed by atoms with van der Waals surface area (Å²) in [5, 5.41) is 3.40. The van der Waals surface area contributed by atoms with Crippen molar-refractivity contribution < 1.29 is 4.74 Å². The molecular formula is C14H17Br2N3O. The van der Waals surface area contributed by atoms with Gasteiger partial charge in [-0.1, -0.05) is 0 Å². The van der Waals surface area contributed by atoms with E-state index in [1.807, 2.05) is 24.7 Å². The third kappa shape index (κ3) is 3.35. The monoisotopic (exact) mass is 401 g/mol. The Bertz CT molecular complexity index is 596. The number of nitrogens with zero attached hydrogens (tertiary/aromatic N) is 2. The van der Waals surface area contributed by atoms with Crippen LogP contribution in [-0.2, 0) is 6.54 Å². The Balaban J connectivity index is 2.16. The summed E-state index contributed by atoms with van der Waals surface area (Å²) >= 11 is 7.02. The Labute approximate surface area is 135 Å². The van der Waals surface area contributed by atoms with E-state index in [2.05, 4.69) is 60.6 Å². The molecule has 0 aliphatic heterocycles. The van der Waals surface area contributed by atoms with E-state index in [1.54, 1.807) is 7.11 Å². The molecule has 2 aromatic rings. The van der Waals surface area contributed by atoms with Gasteiger partial charge in [0.25, 0.3) is 0 Å². The summed E-state index contributed by atoms with van der Waals surface area (Å²) in [5.41, 5.74) is 2.13. The molecule has 0 bridgehead atoms. The van der Waals surface area contributed by atoms with E-state index in [0.29, 0.717) is 12.6 Å². The van der Waals surface area contributed by atoms with Crippen molar-refractivity contribution in [2.24, 2.45) is 0 Å².